The lowest BCUT2D eigenvalue weighted by molar-refractivity contribution is 0.272. The molecule has 40 heavy (non-hydrogen) atoms. The summed E-state index contributed by atoms with van der Waals surface area (Å²) in [6.45, 7) is 2.33. The Morgan fingerprint density at radius 2 is 1.68 bits per heavy atom. The first-order valence-electron chi connectivity index (χ1n) is 13.2. The van der Waals surface area contributed by atoms with Gasteiger partial charge in [0.15, 0.2) is 11.5 Å². The third-order valence-corrected chi connectivity index (χ3v) is 7.25. The van der Waals surface area contributed by atoms with Crippen molar-refractivity contribution in [3.63, 3.8) is 0 Å². The first-order valence-corrected chi connectivity index (χ1v) is 15.2. The highest BCUT2D eigenvalue weighted by atomic mass is 32.2. The van der Waals surface area contributed by atoms with E-state index in [0.717, 1.165) is 47.3 Å². The van der Waals surface area contributed by atoms with E-state index >= 15 is 0 Å². The van der Waals surface area contributed by atoms with E-state index in [2.05, 4.69) is 15.3 Å². The van der Waals surface area contributed by atoms with Crippen LogP contribution in [0, 0.1) is 0 Å². The Hall–Kier alpha value is -3.89. The van der Waals surface area contributed by atoms with Gasteiger partial charge in [0, 0.05) is 29.9 Å². The molecule has 0 aliphatic carbocycles. The zero-order chi connectivity index (χ0) is 28.4. The van der Waals surface area contributed by atoms with Gasteiger partial charge in [0.05, 0.1) is 25.0 Å². The summed E-state index contributed by atoms with van der Waals surface area (Å²) in [7, 11) is 0.577. The van der Waals surface area contributed by atoms with Crippen LogP contribution in [-0.2, 0) is 16.4 Å². The summed E-state index contributed by atoms with van der Waals surface area (Å²) in [6, 6.07) is 21.5. The van der Waals surface area contributed by atoms with E-state index in [-0.39, 0.29) is 5.75 Å². The number of unbranched alkanes of at least 4 members (excludes halogenated alkanes) is 1. The van der Waals surface area contributed by atoms with Crippen LogP contribution in [-0.4, -0.2) is 69.1 Å². The molecule has 1 N–H and O–H groups in total. The molecule has 0 aliphatic heterocycles. The number of nitrogens with one attached hydrogen (secondary N) is 1. The summed E-state index contributed by atoms with van der Waals surface area (Å²) in [5.74, 6) is 2.82. The quantitative estimate of drug-likeness (QED) is 0.198. The smallest absolute Gasteiger partial charge is 0.162 e. The zero-order valence-corrected chi connectivity index (χ0v) is 24.0. The minimum absolute atomic E-state index is 0.166. The van der Waals surface area contributed by atoms with Crippen molar-refractivity contribution in [2.45, 2.75) is 19.4 Å². The fourth-order valence-corrected chi connectivity index (χ4v) is 4.69. The van der Waals surface area contributed by atoms with Crippen molar-refractivity contribution in [1.82, 2.24) is 14.9 Å². The van der Waals surface area contributed by atoms with Crippen LogP contribution in [0.15, 0.2) is 73.1 Å². The van der Waals surface area contributed by atoms with Gasteiger partial charge in [-0.15, -0.1) is 0 Å². The van der Waals surface area contributed by atoms with E-state index < -0.39 is 9.84 Å². The summed E-state index contributed by atoms with van der Waals surface area (Å²) in [5, 5.41) is 4.18. The minimum Gasteiger partial charge on any atom is -0.493 e. The fourth-order valence-electron chi connectivity index (χ4n) is 4.05. The van der Waals surface area contributed by atoms with E-state index in [1.807, 2.05) is 78.7 Å². The number of hydrogen-bond acceptors (Lipinski definition) is 9. The number of rotatable bonds is 15. The number of ether oxygens (including phenoxy) is 3. The summed E-state index contributed by atoms with van der Waals surface area (Å²) >= 11 is 0. The molecule has 0 saturated carbocycles. The van der Waals surface area contributed by atoms with Gasteiger partial charge >= 0.3 is 0 Å². The molecule has 0 aliphatic rings. The van der Waals surface area contributed by atoms with Crippen molar-refractivity contribution >= 4 is 32.2 Å². The molecule has 1 heterocycles. The highest BCUT2D eigenvalue weighted by molar-refractivity contribution is 7.90. The lowest BCUT2D eigenvalue weighted by Crippen LogP contribution is -2.26. The van der Waals surface area contributed by atoms with Crippen molar-refractivity contribution < 1.29 is 22.6 Å². The van der Waals surface area contributed by atoms with Crippen molar-refractivity contribution in [2.24, 2.45) is 0 Å². The molecular weight excluding hydrogens is 528 g/mol. The van der Waals surface area contributed by atoms with Crippen LogP contribution in [0.2, 0.25) is 0 Å². The first kappa shape index (κ1) is 29.1. The number of fused-ring (bicyclic) bond motifs is 1. The Morgan fingerprint density at radius 3 is 2.40 bits per heavy atom. The lowest BCUT2D eigenvalue weighted by Gasteiger charge is -2.16. The largest absolute Gasteiger partial charge is 0.493 e. The predicted molar refractivity (Wildman–Crippen MR) is 159 cm³/mol. The molecule has 0 bridgehead atoms. The maximum Gasteiger partial charge on any atom is 0.162 e. The molecule has 10 heteroatoms. The molecule has 0 saturated heterocycles. The summed E-state index contributed by atoms with van der Waals surface area (Å²) < 4.78 is 40.2. The van der Waals surface area contributed by atoms with E-state index in [0.29, 0.717) is 37.1 Å². The van der Waals surface area contributed by atoms with Crippen molar-refractivity contribution in [3.05, 3.63) is 78.6 Å². The molecule has 0 radical (unpaired) electrons. The number of sulfone groups is 1. The summed E-state index contributed by atoms with van der Waals surface area (Å²) in [5.41, 5.74) is 2.71. The zero-order valence-electron chi connectivity index (χ0n) is 23.2. The third-order valence-electron chi connectivity index (χ3n) is 6.32. The Morgan fingerprint density at radius 1 is 0.900 bits per heavy atom. The lowest BCUT2D eigenvalue weighted by atomic mass is 10.2. The molecular formula is C30H36N4O5S. The second kappa shape index (κ2) is 14.0. The van der Waals surface area contributed by atoms with Crippen LogP contribution in [0.25, 0.3) is 10.9 Å². The highest BCUT2D eigenvalue weighted by Crippen LogP contribution is 2.35. The van der Waals surface area contributed by atoms with Gasteiger partial charge in [-0.25, -0.2) is 18.4 Å². The molecule has 0 spiro atoms. The topological polar surface area (TPSA) is 103 Å². The molecule has 212 valence electrons. The maximum atomic E-state index is 11.4. The summed E-state index contributed by atoms with van der Waals surface area (Å²) in [6.07, 6.45) is 4.48. The van der Waals surface area contributed by atoms with Crippen molar-refractivity contribution in [3.8, 4) is 17.2 Å². The summed E-state index contributed by atoms with van der Waals surface area (Å²) in [4.78, 5) is 10.9. The van der Waals surface area contributed by atoms with Gasteiger partial charge in [-0.3, -0.25) is 0 Å². The monoisotopic (exact) mass is 564 g/mol. The van der Waals surface area contributed by atoms with Crippen molar-refractivity contribution in [2.75, 3.05) is 51.2 Å². The van der Waals surface area contributed by atoms with Gasteiger partial charge in [0.2, 0.25) is 0 Å². The van der Waals surface area contributed by atoms with Crippen LogP contribution < -0.4 is 19.5 Å². The second-order valence-electron chi connectivity index (χ2n) is 9.65. The molecule has 4 aromatic rings. The molecule has 4 rings (SSSR count). The first-order chi connectivity index (χ1) is 19.3. The second-order valence-corrected chi connectivity index (χ2v) is 11.9. The number of nitrogens with zero attached hydrogens (tertiary/aromatic N) is 3. The van der Waals surface area contributed by atoms with Crippen LogP contribution in [0.3, 0.4) is 0 Å². The van der Waals surface area contributed by atoms with Gasteiger partial charge in [0.1, 0.15) is 34.3 Å². The van der Waals surface area contributed by atoms with Crippen molar-refractivity contribution in [1.29, 1.82) is 0 Å². The maximum absolute atomic E-state index is 11.4. The SMILES string of the molecule is COc1cc2ncnc(Nc3ccc(OCc4ccccc4)cc3)c2cc1OCCCCN(C)CCS(C)(=O)=O. The van der Waals surface area contributed by atoms with Gasteiger partial charge in [-0.1, -0.05) is 30.3 Å². The number of anilines is 2. The van der Waals surface area contributed by atoms with Gasteiger partial charge in [-0.2, -0.15) is 0 Å². The van der Waals surface area contributed by atoms with E-state index in [1.54, 1.807) is 7.11 Å². The van der Waals surface area contributed by atoms with Gasteiger partial charge in [-0.05, 0) is 62.3 Å². The number of aromatic nitrogens is 2. The Kier molecular flexibility index (Phi) is 10.2. The molecule has 0 unspecified atom stereocenters. The van der Waals surface area contributed by atoms with E-state index in [1.165, 1.54) is 12.6 Å². The third kappa shape index (κ3) is 8.82. The number of hydrogen-bond donors (Lipinski definition) is 1. The molecule has 3 aromatic carbocycles. The molecule has 9 nitrogen and oxygen atoms in total. The Bertz CT molecular complexity index is 1480. The van der Waals surface area contributed by atoms with Gasteiger partial charge in [0.25, 0.3) is 0 Å². The van der Waals surface area contributed by atoms with E-state index in [9.17, 15) is 8.42 Å². The van der Waals surface area contributed by atoms with Crippen LogP contribution in [0.5, 0.6) is 17.2 Å². The minimum atomic E-state index is -2.96. The average Bonchev–Trinajstić information content (AvgIpc) is 2.95. The fraction of sp³-hybridized carbons (Fsp3) is 0.333. The van der Waals surface area contributed by atoms with Gasteiger partial charge < -0.3 is 24.4 Å². The van der Waals surface area contributed by atoms with Crippen LogP contribution >= 0.6 is 0 Å². The standard InChI is InChI=1S/C30H36N4O5S/c1-34(16-18-40(3,35)36)15-7-8-17-38-29-19-26-27(20-28(29)37-2)31-22-32-30(26)33-24-11-13-25(14-12-24)39-21-23-9-5-4-6-10-23/h4-6,9-14,19-20,22H,7-8,15-18,21H2,1-3H3,(H,31,32,33). The number of benzene rings is 3. The molecule has 1 aromatic heterocycles. The predicted octanol–water partition coefficient (Wildman–Crippen LogP) is 5.10. The molecule has 0 fully saturated rings. The number of methoxy groups -OCH3 is 1. The highest BCUT2D eigenvalue weighted by Gasteiger charge is 2.12. The van der Waals surface area contributed by atoms with Crippen LogP contribution in [0.4, 0.5) is 11.5 Å². The normalized spacial score (nSPS) is 11.5. The van der Waals surface area contributed by atoms with E-state index in [4.69, 9.17) is 14.2 Å². The Balaban J connectivity index is 1.36. The Labute approximate surface area is 236 Å². The molecule has 0 amide bonds. The average molecular weight is 565 g/mol. The molecule has 0 atom stereocenters. The van der Waals surface area contributed by atoms with Crippen LogP contribution in [0.1, 0.15) is 18.4 Å².